The second-order valence-corrected chi connectivity index (χ2v) is 5.30. The minimum absolute atomic E-state index is 0.128. The molecule has 0 fully saturated rings. The van der Waals surface area contributed by atoms with Gasteiger partial charge in [-0.15, -0.1) is 0 Å². The highest BCUT2D eigenvalue weighted by atomic mass is 35.5. The number of hydrogen-bond donors (Lipinski definition) is 1. The van der Waals surface area contributed by atoms with Gasteiger partial charge in [-0.25, -0.2) is 4.68 Å². The summed E-state index contributed by atoms with van der Waals surface area (Å²) in [6.07, 6.45) is 5.11. The monoisotopic (exact) mass is 261 g/mol. The van der Waals surface area contributed by atoms with Gasteiger partial charge >= 0.3 is 0 Å². The topological polar surface area (TPSA) is 43.8 Å². The maximum Gasteiger partial charge on any atom is 0.0663 e. The lowest BCUT2D eigenvalue weighted by atomic mass is 9.94. The van der Waals surface area contributed by atoms with Gasteiger partial charge in [0.25, 0.3) is 0 Å². The molecular formula is C14H16ClN3. The molecule has 1 unspecified atom stereocenters. The lowest BCUT2D eigenvalue weighted by Gasteiger charge is -2.19. The van der Waals surface area contributed by atoms with Crippen LogP contribution >= 0.6 is 11.6 Å². The second-order valence-electron chi connectivity index (χ2n) is 4.89. The highest BCUT2D eigenvalue weighted by Crippen LogP contribution is 2.30. The van der Waals surface area contributed by atoms with Crippen LogP contribution in [0.25, 0.3) is 5.69 Å². The summed E-state index contributed by atoms with van der Waals surface area (Å²) >= 11 is 6.18. The Morgan fingerprint density at radius 1 is 1.44 bits per heavy atom. The number of aryl methyl sites for hydroxylation is 1. The Bertz CT molecular complexity index is 589. The molecule has 0 aliphatic heterocycles. The van der Waals surface area contributed by atoms with E-state index in [0.29, 0.717) is 0 Å². The van der Waals surface area contributed by atoms with Crippen LogP contribution in [-0.4, -0.2) is 9.78 Å². The molecule has 3 nitrogen and oxygen atoms in total. The first-order valence-corrected chi connectivity index (χ1v) is 6.63. The summed E-state index contributed by atoms with van der Waals surface area (Å²) in [6, 6.07) is 6.16. The van der Waals surface area contributed by atoms with Crippen LogP contribution in [0.1, 0.15) is 35.7 Å². The number of halogens is 1. The summed E-state index contributed by atoms with van der Waals surface area (Å²) in [5, 5.41) is 5.24. The first-order valence-electron chi connectivity index (χ1n) is 6.25. The molecular weight excluding hydrogens is 246 g/mol. The van der Waals surface area contributed by atoms with E-state index in [1.54, 1.807) is 0 Å². The van der Waals surface area contributed by atoms with Crippen LogP contribution in [0.2, 0.25) is 5.02 Å². The number of benzene rings is 1. The van der Waals surface area contributed by atoms with E-state index in [2.05, 4.69) is 11.2 Å². The van der Waals surface area contributed by atoms with Crippen LogP contribution in [0.3, 0.4) is 0 Å². The molecule has 0 radical (unpaired) electrons. The summed E-state index contributed by atoms with van der Waals surface area (Å²) in [5.74, 6) is 0. The fraction of sp³-hybridized carbons (Fsp3) is 0.357. The SMILES string of the molecule is Cc1ccc(-n2ncc3c2CCCC3N)cc1Cl. The van der Waals surface area contributed by atoms with Crippen LogP contribution in [0.15, 0.2) is 24.4 Å². The van der Waals surface area contributed by atoms with Gasteiger partial charge in [-0.2, -0.15) is 5.10 Å². The molecule has 0 saturated heterocycles. The lowest BCUT2D eigenvalue weighted by molar-refractivity contribution is 0.558. The average Bonchev–Trinajstić information content (AvgIpc) is 2.78. The van der Waals surface area contributed by atoms with E-state index >= 15 is 0 Å². The van der Waals surface area contributed by atoms with E-state index < -0.39 is 0 Å². The fourth-order valence-corrected chi connectivity index (χ4v) is 2.70. The van der Waals surface area contributed by atoms with Crippen molar-refractivity contribution in [1.82, 2.24) is 9.78 Å². The van der Waals surface area contributed by atoms with Crippen molar-refractivity contribution in [2.75, 3.05) is 0 Å². The summed E-state index contributed by atoms with van der Waals surface area (Å²) in [7, 11) is 0. The number of rotatable bonds is 1. The predicted molar refractivity (Wildman–Crippen MR) is 73.2 cm³/mol. The van der Waals surface area contributed by atoms with Crippen molar-refractivity contribution in [3.63, 3.8) is 0 Å². The van der Waals surface area contributed by atoms with Gasteiger partial charge < -0.3 is 5.73 Å². The van der Waals surface area contributed by atoms with Crippen LogP contribution < -0.4 is 5.73 Å². The Hall–Kier alpha value is -1.32. The van der Waals surface area contributed by atoms with Gasteiger partial charge in [-0.3, -0.25) is 0 Å². The molecule has 0 bridgehead atoms. The van der Waals surface area contributed by atoms with E-state index in [1.165, 1.54) is 11.3 Å². The second kappa shape index (κ2) is 4.41. The Morgan fingerprint density at radius 3 is 3.06 bits per heavy atom. The Balaban J connectivity index is 2.09. The molecule has 18 heavy (non-hydrogen) atoms. The van der Waals surface area contributed by atoms with E-state index in [9.17, 15) is 0 Å². The smallest absolute Gasteiger partial charge is 0.0663 e. The Labute approximate surface area is 112 Å². The number of nitrogens with two attached hydrogens (primary N) is 1. The quantitative estimate of drug-likeness (QED) is 0.857. The maximum absolute atomic E-state index is 6.18. The van der Waals surface area contributed by atoms with Gasteiger partial charge in [0.1, 0.15) is 0 Å². The highest BCUT2D eigenvalue weighted by Gasteiger charge is 2.21. The highest BCUT2D eigenvalue weighted by molar-refractivity contribution is 6.31. The van der Waals surface area contributed by atoms with E-state index in [-0.39, 0.29) is 6.04 Å². The third kappa shape index (κ3) is 1.84. The van der Waals surface area contributed by atoms with Crippen molar-refractivity contribution < 1.29 is 0 Å². The molecule has 1 heterocycles. The summed E-state index contributed by atoms with van der Waals surface area (Å²) in [5.41, 5.74) is 10.6. The van der Waals surface area contributed by atoms with Crippen LogP contribution in [0.4, 0.5) is 0 Å². The molecule has 1 aromatic carbocycles. The summed E-state index contributed by atoms with van der Waals surface area (Å²) in [4.78, 5) is 0. The third-order valence-corrected chi connectivity index (χ3v) is 4.04. The van der Waals surface area contributed by atoms with E-state index in [1.807, 2.05) is 29.9 Å². The molecule has 0 amide bonds. The number of fused-ring (bicyclic) bond motifs is 1. The van der Waals surface area contributed by atoms with Crippen molar-refractivity contribution >= 4 is 11.6 Å². The molecule has 4 heteroatoms. The fourth-order valence-electron chi connectivity index (χ4n) is 2.53. The molecule has 0 saturated carbocycles. The number of aromatic nitrogens is 2. The minimum atomic E-state index is 0.128. The first kappa shape index (κ1) is 11.8. The zero-order valence-corrected chi connectivity index (χ0v) is 11.1. The van der Waals surface area contributed by atoms with Gasteiger partial charge in [0, 0.05) is 22.3 Å². The Morgan fingerprint density at radius 2 is 2.28 bits per heavy atom. The first-order chi connectivity index (χ1) is 8.66. The lowest BCUT2D eigenvalue weighted by Crippen LogP contribution is -2.18. The third-order valence-electron chi connectivity index (χ3n) is 3.63. The standard InChI is InChI=1S/C14H16ClN3/c1-9-5-6-10(7-12(9)15)18-14-4-2-3-13(16)11(14)8-17-18/h5-8,13H,2-4,16H2,1H3. The molecule has 1 aliphatic carbocycles. The molecule has 0 spiro atoms. The van der Waals surface area contributed by atoms with Gasteiger partial charge in [-0.1, -0.05) is 17.7 Å². The average molecular weight is 262 g/mol. The normalized spacial score (nSPS) is 18.7. The largest absolute Gasteiger partial charge is 0.324 e. The van der Waals surface area contributed by atoms with Gasteiger partial charge in [0.15, 0.2) is 0 Å². The Kier molecular flexibility index (Phi) is 2.88. The molecule has 2 N–H and O–H groups in total. The molecule has 1 aromatic heterocycles. The molecule has 2 aromatic rings. The van der Waals surface area contributed by atoms with Crippen molar-refractivity contribution in [2.24, 2.45) is 5.73 Å². The van der Waals surface area contributed by atoms with E-state index in [4.69, 9.17) is 17.3 Å². The number of hydrogen-bond acceptors (Lipinski definition) is 2. The van der Waals surface area contributed by atoms with Gasteiger partial charge in [-0.05, 0) is 43.9 Å². The predicted octanol–water partition coefficient (Wildman–Crippen LogP) is 3.17. The molecule has 94 valence electrons. The van der Waals surface area contributed by atoms with E-state index in [0.717, 1.165) is 35.5 Å². The molecule has 3 rings (SSSR count). The van der Waals surface area contributed by atoms with Gasteiger partial charge in [0.2, 0.25) is 0 Å². The summed E-state index contributed by atoms with van der Waals surface area (Å²) in [6.45, 7) is 2.00. The van der Waals surface area contributed by atoms with Gasteiger partial charge in [0.05, 0.1) is 11.9 Å². The van der Waals surface area contributed by atoms with Crippen LogP contribution in [0.5, 0.6) is 0 Å². The van der Waals surface area contributed by atoms with Crippen molar-refractivity contribution in [3.8, 4) is 5.69 Å². The molecule has 1 atom stereocenters. The maximum atomic E-state index is 6.18. The van der Waals surface area contributed by atoms with Crippen LogP contribution in [0, 0.1) is 6.92 Å². The van der Waals surface area contributed by atoms with Crippen molar-refractivity contribution in [1.29, 1.82) is 0 Å². The molecule has 1 aliphatic rings. The van der Waals surface area contributed by atoms with Crippen LogP contribution in [-0.2, 0) is 6.42 Å². The zero-order chi connectivity index (χ0) is 12.7. The van der Waals surface area contributed by atoms with Crippen molar-refractivity contribution in [2.45, 2.75) is 32.2 Å². The van der Waals surface area contributed by atoms with Crippen molar-refractivity contribution in [3.05, 3.63) is 46.2 Å². The number of nitrogens with zero attached hydrogens (tertiary/aromatic N) is 2. The minimum Gasteiger partial charge on any atom is -0.324 e. The zero-order valence-electron chi connectivity index (χ0n) is 10.4. The summed E-state index contributed by atoms with van der Waals surface area (Å²) < 4.78 is 1.97.